The van der Waals surface area contributed by atoms with Gasteiger partial charge in [0, 0.05) is 32.7 Å². The number of β-amino-alcohol motifs (C(OH)–C–C–N with tert-alkyl or cyclic N) is 1. The first-order valence-electron chi connectivity index (χ1n) is 19.5. The van der Waals surface area contributed by atoms with Gasteiger partial charge >= 0.3 is 5.97 Å². The molecule has 0 unspecified atom stereocenters. The van der Waals surface area contributed by atoms with Gasteiger partial charge in [0.05, 0.1) is 17.6 Å². The molecule has 2 N–H and O–H groups in total. The van der Waals surface area contributed by atoms with Crippen molar-refractivity contribution < 1.29 is 19.8 Å². The molecule has 5 aliphatic carbocycles. The Balaban J connectivity index is 1.20. The van der Waals surface area contributed by atoms with Crippen LogP contribution in [0.1, 0.15) is 115 Å². The monoisotopic (exact) mass is 670 g/mol. The number of rotatable bonds is 6. The molecule has 6 heteroatoms. The number of allylic oxidation sites excluding steroid dienone is 3. The van der Waals surface area contributed by atoms with Crippen LogP contribution in [-0.4, -0.2) is 71.2 Å². The Morgan fingerprint density at radius 3 is 2.18 bits per heavy atom. The van der Waals surface area contributed by atoms with Crippen LogP contribution in [0.25, 0.3) is 5.57 Å². The number of aromatic carboxylic acids is 1. The summed E-state index contributed by atoms with van der Waals surface area (Å²) in [6, 6.07) is 7.55. The summed E-state index contributed by atoms with van der Waals surface area (Å²) >= 11 is 0. The van der Waals surface area contributed by atoms with E-state index in [-0.39, 0.29) is 33.7 Å². The standard InChI is InChI=1S/C43H62N2O4/c1-28(2)31-14-19-43(38(49)45-24-22-44(23-25-45)26-27-46)21-20-41(6)33(36(31)43)12-13-35-40(5)17-15-32(29-8-10-30(11-9-29)37(47)48)39(3,4)34(40)16-18-42(35,41)7/h8-11,15,31,33-36,46H,1,12-14,16-27H2,2-7H3,(H,47,48)/t31-,33-,34-,35+,36+,40-,41+,42+,43-/m0/s1. The molecular formula is C43H62N2O4. The van der Waals surface area contributed by atoms with Gasteiger partial charge in [-0.3, -0.25) is 9.69 Å². The molecule has 49 heavy (non-hydrogen) atoms. The third-order valence-electron chi connectivity index (χ3n) is 16.6. The average Bonchev–Trinajstić information content (AvgIpc) is 3.46. The Kier molecular flexibility index (Phi) is 8.62. The van der Waals surface area contributed by atoms with E-state index in [1.165, 1.54) is 36.8 Å². The maximum absolute atomic E-state index is 14.8. The molecule has 1 aromatic carbocycles. The molecule has 0 bridgehead atoms. The van der Waals surface area contributed by atoms with Crippen molar-refractivity contribution in [2.75, 3.05) is 39.3 Å². The molecule has 1 saturated heterocycles. The fourth-order valence-electron chi connectivity index (χ4n) is 14.0. The summed E-state index contributed by atoms with van der Waals surface area (Å²) in [5.74, 6) is 2.06. The van der Waals surface area contributed by atoms with Crippen molar-refractivity contribution in [2.24, 2.45) is 56.7 Å². The minimum atomic E-state index is -0.875. The van der Waals surface area contributed by atoms with Crippen molar-refractivity contribution in [1.29, 1.82) is 0 Å². The van der Waals surface area contributed by atoms with Gasteiger partial charge in [0.2, 0.25) is 5.91 Å². The van der Waals surface area contributed by atoms with Gasteiger partial charge in [-0.2, -0.15) is 0 Å². The zero-order chi connectivity index (χ0) is 35.1. The van der Waals surface area contributed by atoms with Gasteiger partial charge in [-0.1, -0.05) is 65.0 Å². The number of carbonyl (C=O) groups is 2. The van der Waals surface area contributed by atoms with Crippen molar-refractivity contribution in [3.8, 4) is 0 Å². The summed E-state index contributed by atoms with van der Waals surface area (Å²) < 4.78 is 0. The lowest BCUT2D eigenvalue weighted by atomic mass is 9.32. The highest BCUT2D eigenvalue weighted by Crippen LogP contribution is 2.78. The van der Waals surface area contributed by atoms with Crippen LogP contribution in [0.2, 0.25) is 0 Å². The van der Waals surface area contributed by atoms with Gasteiger partial charge < -0.3 is 15.1 Å². The van der Waals surface area contributed by atoms with Crippen molar-refractivity contribution >= 4 is 17.4 Å². The molecule has 0 aromatic heterocycles. The number of carbonyl (C=O) groups excluding carboxylic acids is 1. The zero-order valence-corrected chi connectivity index (χ0v) is 31.2. The van der Waals surface area contributed by atoms with Crippen molar-refractivity contribution in [3.63, 3.8) is 0 Å². The average molecular weight is 671 g/mol. The Morgan fingerprint density at radius 2 is 1.55 bits per heavy atom. The fourth-order valence-corrected chi connectivity index (χ4v) is 14.0. The van der Waals surface area contributed by atoms with Crippen LogP contribution in [0.5, 0.6) is 0 Å². The number of amides is 1. The normalized spacial score (nSPS) is 41.5. The number of carboxylic acid groups (broad SMARTS) is 1. The number of carboxylic acids is 1. The van der Waals surface area contributed by atoms with Gasteiger partial charge in [0.15, 0.2) is 0 Å². The molecule has 0 spiro atoms. The number of fused-ring (bicyclic) bond motifs is 7. The van der Waals surface area contributed by atoms with E-state index >= 15 is 0 Å². The van der Waals surface area contributed by atoms with Gasteiger partial charge in [-0.05, 0) is 139 Å². The lowest BCUT2D eigenvalue weighted by Gasteiger charge is -2.72. The predicted molar refractivity (Wildman–Crippen MR) is 196 cm³/mol. The van der Waals surface area contributed by atoms with Crippen molar-refractivity contribution in [1.82, 2.24) is 9.80 Å². The zero-order valence-electron chi connectivity index (χ0n) is 31.2. The minimum absolute atomic E-state index is 0.0112. The van der Waals surface area contributed by atoms with Crippen LogP contribution < -0.4 is 0 Å². The molecule has 1 heterocycles. The SMILES string of the molecule is C=C(C)[C@@H]1CC[C@]2(C(=O)N3CCN(CCO)CC3)CC[C@]3(C)[C@@H](CC[C@@H]4[C@@]5(C)CC=C(c6ccc(C(=O)O)cc6)C(C)(C)[C@@H]5CC[C@]43C)[C@@H]12. The van der Waals surface area contributed by atoms with Gasteiger partial charge in [-0.25, -0.2) is 4.79 Å². The molecule has 4 saturated carbocycles. The summed E-state index contributed by atoms with van der Waals surface area (Å²) in [6.45, 7) is 23.8. The molecule has 9 atom stereocenters. The summed E-state index contributed by atoms with van der Waals surface area (Å²) in [5.41, 5.74) is 4.46. The largest absolute Gasteiger partial charge is 0.478 e. The van der Waals surface area contributed by atoms with Gasteiger partial charge in [-0.15, -0.1) is 0 Å². The fraction of sp³-hybridized carbons (Fsp3) is 0.721. The minimum Gasteiger partial charge on any atom is -0.478 e. The van der Waals surface area contributed by atoms with E-state index in [0.717, 1.165) is 63.8 Å². The molecule has 7 rings (SSSR count). The van der Waals surface area contributed by atoms with E-state index in [1.54, 1.807) is 12.1 Å². The van der Waals surface area contributed by atoms with E-state index in [2.05, 4.69) is 64.0 Å². The van der Waals surface area contributed by atoms with Crippen LogP contribution in [-0.2, 0) is 4.79 Å². The molecule has 268 valence electrons. The van der Waals surface area contributed by atoms with E-state index in [1.807, 2.05) is 12.1 Å². The second-order valence-electron chi connectivity index (χ2n) is 18.6. The molecular weight excluding hydrogens is 608 g/mol. The molecule has 5 fully saturated rings. The quantitative estimate of drug-likeness (QED) is 0.299. The van der Waals surface area contributed by atoms with E-state index in [0.29, 0.717) is 47.6 Å². The summed E-state index contributed by atoms with van der Waals surface area (Å²) in [6.07, 6.45) is 12.7. The first kappa shape index (κ1) is 35.0. The second kappa shape index (κ2) is 12.1. The lowest BCUT2D eigenvalue weighted by molar-refractivity contribution is -0.226. The van der Waals surface area contributed by atoms with Crippen LogP contribution in [0.3, 0.4) is 0 Å². The Hall–Kier alpha value is -2.44. The number of nitrogens with zero attached hydrogens (tertiary/aromatic N) is 2. The third kappa shape index (κ3) is 4.99. The summed E-state index contributed by atoms with van der Waals surface area (Å²) in [4.78, 5) is 30.9. The Morgan fingerprint density at radius 1 is 0.857 bits per heavy atom. The third-order valence-corrected chi connectivity index (χ3v) is 16.6. The number of aliphatic hydroxyl groups is 1. The summed E-state index contributed by atoms with van der Waals surface area (Å²) in [5, 5.41) is 19.0. The highest BCUT2D eigenvalue weighted by molar-refractivity contribution is 5.88. The molecule has 1 aliphatic heterocycles. The van der Waals surface area contributed by atoms with Crippen molar-refractivity contribution in [2.45, 2.75) is 99.3 Å². The number of aliphatic hydroxyl groups excluding tert-OH is 1. The molecule has 6 aliphatic rings. The van der Waals surface area contributed by atoms with Crippen LogP contribution in [0.15, 0.2) is 42.5 Å². The maximum atomic E-state index is 14.8. The van der Waals surface area contributed by atoms with Crippen LogP contribution in [0.4, 0.5) is 0 Å². The predicted octanol–water partition coefficient (Wildman–Crippen LogP) is 8.17. The van der Waals surface area contributed by atoms with Gasteiger partial charge in [0.25, 0.3) is 0 Å². The number of hydrogen-bond acceptors (Lipinski definition) is 4. The van der Waals surface area contributed by atoms with Gasteiger partial charge in [0.1, 0.15) is 0 Å². The molecule has 1 amide bonds. The highest BCUT2D eigenvalue weighted by Gasteiger charge is 2.71. The number of benzene rings is 1. The molecule has 0 radical (unpaired) electrons. The smallest absolute Gasteiger partial charge is 0.335 e. The first-order chi connectivity index (χ1) is 23.1. The van der Waals surface area contributed by atoms with E-state index < -0.39 is 5.97 Å². The molecule has 6 nitrogen and oxygen atoms in total. The number of hydrogen-bond donors (Lipinski definition) is 2. The van der Waals surface area contributed by atoms with E-state index in [9.17, 15) is 19.8 Å². The summed E-state index contributed by atoms with van der Waals surface area (Å²) in [7, 11) is 0. The first-order valence-corrected chi connectivity index (χ1v) is 19.5. The van der Waals surface area contributed by atoms with Crippen LogP contribution in [0, 0.1) is 56.7 Å². The Bertz CT molecular complexity index is 1520. The van der Waals surface area contributed by atoms with Crippen LogP contribution >= 0.6 is 0 Å². The second-order valence-corrected chi connectivity index (χ2v) is 18.6. The lowest BCUT2D eigenvalue weighted by Crippen LogP contribution is -2.66. The maximum Gasteiger partial charge on any atom is 0.335 e. The molecule has 1 aromatic rings. The Labute approximate surface area is 295 Å². The van der Waals surface area contributed by atoms with Crippen molar-refractivity contribution in [3.05, 3.63) is 53.6 Å². The van der Waals surface area contributed by atoms with E-state index in [4.69, 9.17) is 0 Å². The number of piperazine rings is 1. The topological polar surface area (TPSA) is 81.1 Å². The highest BCUT2D eigenvalue weighted by atomic mass is 16.4.